The second-order valence-electron chi connectivity index (χ2n) is 6.59. The van der Waals surface area contributed by atoms with Crippen LogP contribution in [0.15, 0.2) is 18.2 Å². The number of fused-ring (bicyclic) bond motifs is 1. The summed E-state index contributed by atoms with van der Waals surface area (Å²) in [4.78, 5) is 0. The van der Waals surface area contributed by atoms with Crippen LogP contribution in [0.2, 0.25) is 0 Å². The molecule has 0 bridgehead atoms. The van der Waals surface area contributed by atoms with Crippen molar-refractivity contribution in [1.82, 2.24) is 0 Å². The zero-order valence-corrected chi connectivity index (χ0v) is 13.2. The summed E-state index contributed by atoms with van der Waals surface area (Å²) in [6.45, 7) is 5.89. The normalized spacial score (nSPS) is 29.8. The van der Waals surface area contributed by atoms with Gasteiger partial charge >= 0.3 is 0 Å². The van der Waals surface area contributed by atoms with E-state index in [1.165, 1.54) is 18.4 Å². The predicted octanol–water partition coefficient (Wildman–Crippen LogP) is 3.61. The molecule has 0 spiro atoms. The molecule has 1 aromatic carbocycles. The highest BCUT2D eigenvalue weighted by atomic mass is 16.5. The van der Waals surface area contributed by atoms with Gasteiger partial charge in [0.05, 0.1) is 18.2 Å². The highest BCUT2D eigenvalue weighted by Crippen LogP contribution is 2.45. The molecule has 21 heavy (non-hydrogen) atoms. The van der Waals surface area contributed by atoms with Crippen molar-refractivity contribution in [2.24, 2.45) is 11.7 Å². The van der Waals surface area contributed by atoms with Crippen LogP contribution in [-0.4, -0.2) is 18.8 Å². The maximum Gasteiger partial charge on any atom is 0.127 e. The van der Waals surface area contributed by atoms with E-state index in [0.29, 0.717) is 0 Å². The van der Waals surface area contributed by atoms with Gasteiger partial charge in [0.2, 0.25) is 0 Å². The molecule has 0 aromatic heterocycles. The monoisotopic (exact) mass is 289 g/mol. The van der Waals surface area contributed by atoms with Gasteiger partial charge in [-0.05, 0) is 44.1 Å². The fraction of sp³-hybridized carbons (Fsp3) is 0.667. The Morgan fingerprint density at radius 1 is 1.38 bits per heavy atom. The third-order valence-electron chi connectivity index (χ3n) is 5.20. The first-order chi connectivity index (χ1) is 10.2. The largest absolute Gasteiger partial charge is 0.493 e. The lowest BCUT2D eigenvalue weighted by molar-refractivity contribution is -0.0899. The highest BCUT2D eigenvalue weighted by molar-refractivity contribution is 5.46. The van der Waals surface area contributed by atoms with Crippen LogP contribution in [0.3, 0.4) is 0 Å². The van der Waals surface area contributed by atoms with E-state index < -0.39 is 0 Å². The minimum atomic E-state index is -0.220. The van der Waals surface area contributed by atoms with Crippen molar-refractivity contribution in [2.75, 3.05) is 13.2 Å². The minimum absolute atomic E-state index is 0.0991. The van der Waals surface area contributed by atoms with Crippen LogP contribution in [-0.2, 0) is 11.2 Å². The molecule has 1 heterocycles. The summed E-state index contributed by atoms with van der Waals surface area (Å²) in [5, 5.41) is 0. The average Bonchev–Trinajstić information content (AvgIpc) is 2.98. The Balaban J connectivity index is 1.91. The van der Waals surface area contributed by atoms with E-state index in [1.54, 1.807) is 0 Å². The molecule has 1 unspecified atom stereocenters. The van der Waals surface area contributed by atoms with Gasteiger partial charge in [0.15, 0.2) is 0 Å². The smallest absolute Gasteiger partial charge is 0.127 e. The molecule has 0 radical (unpaired) electrons. The van der Waals surface area contributed by atoms with Crippen LogP contribution in [0.4, 0.5) is 0 Å². The number of nitrogens with two attached hydrogens (primary N) is 1. The number of hydrogen-bond donors (Lipinski definition) is 1. The summed E-state index contributed by atoms with van der Waals surface area (Å²) in [5.41, 5.74) is 8.91. The fourth-order valence-corrected chi connectivity index (χ4v) is 3.85. The lowest BCUT2D eigenvalue weighted by atomic mass is 9.73. The van der Waals surface area contributed by atoms with Crippen molar-refractivity contribution in [2.45, 2.75) is 57.6 Å². The molecular weight excluding hydrogens is 262 g/mol. The van der Waals surface area contributed by atoms with Crippen molar-refractivity contribution >= 4 is 0 Å². The van der Waals surface area contributed by atoms with Crippen molar-refractivity contribution < 1.29 is 9.47 Å². The molecule has 1 aromatic rings. The molecule has 116 valence electrons. The number of rotatable bonds is 4. The molecule has 1 fully saturated rings. The van der Waals surface area contributed by atoms with Crippen LogP contribution < -0.4 is 10.5 Å². The second-order valence-corrected chi connectivity index (χ2v) is 6.59. The lowest BCUT2D eigenvalue weighted by Crippen LogP contribution is -2.46. The van der Waals surface area contributed by atoms with Crippen molar-refractivity contribution in [1.29, 1.82) is 0 Å². The van der Waals surface area contributed by atoms with E-state index in [1.807, 2.05) is 0 Å². The van der Waals surface area contributed by atoms with Crippen LogP contribution in [0.5, 0.6) is 5.75 Å². The van der Waals surface area contributed by atoms with Crippen LogP contribution in [0.25, 0.3) is 0 Å². The quantitative estimate of drug-likeness (QED) is 0.921. The summed E-state index contributed by atoms with van der Waals surface area (Å²) in [7, 11) is 0. The average molecular weight is 289 g/mol. The minimum Gasteiger partial charge on any atom is -0.493 e. The first-order valence-electron chi connectivity index (χ1n) is 8.30. The Morgan fingerprint density at radius 3 is 2.86 bits per heavy atom. The number of hydrogen-bond acceptors (Lipinski definition) is 3. The second kappa shape index (κ2) is 5.98. The Kier molecular flexibility index (Phi) is 4.23. The van der Waals surface area contributed by atoms with Crippen LogP contribution in [0, 0.1) is 5.92 Å². The van der Waals surface area contributed by atoms with Gasteiger partial charge in [0, 0.05) is 18.6 Å². The molecule has 1 aliphatic carbocycles. The molecule has 0 saturated heterocycles. The first kappa shape index (κ1) is 14.9. The number of para-hydroxylation sites is 1. The zero-order chi connectivity index (χ0) is 14.9. The molecule has 2 N–H and O–H groups in total. The molecular formula is C18H27NO2. The Hall–Kier alpha value is -1.06. The fourth-order valence-electron chi connectivity index (χ4n) is 3.85. The summed E-state index contributed by atoms with van der Waals surface area (Å²) < 4.78 is 12.1. The molecule has 3 heteroatoms. The highest BCUT2D eigenvalue weighted by Gasteiger charge is 2.42. The number of ether oxygens (including phenoxy) is 2. The van der Waals surface area contributed by atoms with E-state index in [9.17, 15) is 0 Å². The van der Waals surface area contributed by atoms with E-state index >= 15 is 0 Å². The Bertz CT molecular complexity index is 492. The van der Waals surface area contributed by atoms with Gasteiger partial charge in [-0.2, -0.15) is 0 Å². The van der Waals surface area contributed by atoms with Crippen molar-refractivity contribution in [3.05, 3.63) is 29.3 Å². The van der Waals surface area contributed by atoms with E-state index in [2.05, 4.69) is 32.0 Å². The maximum atomic E-state index is 6.70. The molecule has 0 amide bonds. The molecule has 3 rings (SSSR count). The third kappa shape index (κ3) is 2.69. The first-order valence-corrected chi connectivity index (χ1v) is 8.30. The van der Waals surface area contributed by atoms with Gasteiger partial charge in [0.1, 0.15) is 5.75 Å². The van der Waals surface area contributed by atoms with Gasteiger partial charge in [-0.15, -0.1) is 0 Å². The summed E-state index contributed by atoms with van der Waals surface area (Å²) in [6, 6.07) is 6.27. The molecule has 1 aliphatic heterocycles. The predicted molar refractivity (Wildman–Crippen MR) is 84.6 cm³/mol. The van der Waals surface area contributed by atoms with Gasteiger partial charge in [-0.25, -0.2) is 0 Å². The molecule has 1 saturated carbocycles. The van der Waals surface area contributed by atoms with Gasteiger partial charge in [0.25, 0.3) is 0 Å². The number of benzene rings is 1. The summed E-state index contributed by atoms with van der Waals surface area (Å²) >= 11 is 0. The zero-order valence-electron chi connectivity index (χ0n) is 13.2. The van der Waals surface area contributed by atoms with E-state index in [-0.39, 0.29) is 11.6 Å². The molecule has 1 atom stereocenters. The summed E-state index contributed by atoms with van der Waals surface area (Å²) in [6.07, 6.45) is 5.49. The molecule has 3 nitrogen and oxygen atoms in total. The van der Waals surface area contributed by atoms with Crippen molar-refractivity contribution in [3.8, 4) is 5.75 Å². The van der Waals surface area contributed by atoms with Gasteiger partial charge in [-0.1, -0.05) is 25.1 Å². The van der Waals surface area contributed by atoms with Gasteiger partial charge in [-0.3, -0.25) is 0 Å². The van der Waals surface area contributed by atoms with Crippen LogP contribution >= 0.6 is 0 Å². The SMILES string of the molecule is CCOC1(C(N)c2cccc3c2OCC3)CCC(C)CC1. The molecule has 2 aliphatic rings. The van der Waals surface area contributed by atoms with Crippen molar-refractivity contribution in [3.63, 3.8) is 0 Å². The Labute approximate surface area is 127 Å². The third-order valence-corrected chi connectivity index (χ3v) is 5.20. The topological polar surface area (TPSA) is 44.5 Å². The van der Waals surface area contributed by atoms with E-state index in [4.69, 9.17) is 15.2 Å². The maximum absolute atomic E-state index is 6.70. The summed E-state index contributed by atoms with van der Waals surface area (Å²) in [5.74, 6) is 1.80. The van der Waals surface area contributed by atoms with Crippen LogP contribution in [0.1, 0.15) is 56.7 Å². The standard InChI is InChI=1S/C18H27NO2/c1-3-21-18(10-7-13(2)8-11-18)17(19)15-6-4-5-14-9-12-20-16(14)15/h4-6,13,17H,3,7-12,19H2,1-2H3. The lowest BCUT2D eigenvalue weighted by Gasteiger charge is -2.43. The van der Waals surface area contributed by atoms with E-state index in [0.717, 1.165) is 49.7 Å². The Morgan fingerprint density at radius 2 is 2.14 bits per heavy atom. The van der Waals surface area contributed by atoms with Gasteiger partial charge < -0.3 is 15.2 Å².